The molecule has 0 saturated heterocycles. The highest BCUT2D eigenvalue weighted by atomic mass is 16.1. The highest BCUT2D eigenvalue weighted by Gasteiger charge is 2.04. The third-order valence-corrected chi connectivity index (χ3v) is 2.03. The first-order valence-electron chi connectivity index (χ1n) is 5.30. The predicted octanol–water partition coefficient (Wildman–Crippen LogP) is -0.254. The zero-order valence-electron chi connectivity index (χ0n) is 9.20. The Morgan fingerprint density at radius 3 is 2.62 bits per heavy atom. The normalized spacial score (nSPS) is 9.88. The highest BCUT2D eigenvalue weighted by Crippen LogP contribution is 2.09. The van der Waals surface area contributed by atoms with Gasteiger partial charge in [-0.1, -0.05) is 6.07 Å². The first kappa shape index (κ1) is 12.5. The number of amides is 1. The minimum Gasteiger partial charge on any atom is -0.384 e. The maximum absolute atomic E-state index is 11.6. The van der Waals surface area contributed by atoms with Crippen LogP contribution in [0.15, 0.2) is 24.3 Å². The van der Waals surface area contributed by atoms with E-state index in [0.29, 0.717) is 31.7 Å². The van der Waals surface area contributed by atoms with E-state index in [0.717, 1.165) is 5.69 Å². The van der Waals surface area contributed by atoms with Crippen molar-refractivity contribution in [3.05, 3.63) is 29.8 Å². The molecule has 88 valence electrons. The van der Waals surface area contributed by atoms with E-state index >= 15 is 0 Å². The third kappa shape index (κ3) is 3.88. The van der Waals surface area contributed by atoms with Crippen molar-refractivity contribution in [3.63, 3.8) is 0 Å². The van der Waals surface area contributed by atoms with E-state index in [9.17, 15) is 4.79 Å². The van der Waals surface area contributed by atoms with Gasteiger partial charge in [-0.3, -0.25) is 4.79 Å². The predicted molar refractivity (Wildman–Crippen MR) is 65.4 cm³/mol. The Labute approximate surface area is 95.2 Å². The van der Waals surface area contributed by atoms with Gasteiger partial charge in [0, 0.05) is 37.4 Å². The molecular weight excluding hydrogens is 204 g/mol. The molecule has 0 saturated carbocycles. The second kappa shape index (κ2) is 6.81. The van der Waals surface area contributed by atoms with Gasteiger partial charge in [0.05, 0.1) is 0 Å². The number of benzene rings is 1. The first-order valence-corrected chi connectivity index (χ1v) is 5.30. The van der Waals surface area contributed by atoms with Gasteiger partial charge in [-0.25, -0.2) is 0 Å². The molecule has 0 unspecified atom stereocenters. The molecule has 0 radical (unpaired) electrons. The standard InChI is InChI=1S/C11H18N4O/c12-4-6-14-10-3-1-2-9(8-10)11(16)15-7-5-13/h1-3,8,14H,4-7,12-13H2,(H,15,16). The molecule has 0 aliphatic rings. The molecule has 1 amide bonds. The average Bonchev–Trinajstić information content (AvgIpc) is 2.33. The first-order chi connectivity index (χ1) is 7.77. The van der Waals surface area contributed by atoms with Crippen LogP contribution in [0.25, 0.3) is 0 Å². The minimum absolute atomic E-state index is 0.109. The van der Waals surface area contributed by atoms with Gasteiger partial charge in [0.25, 0.3) is 5.91 Å². The summed E-state index contributed by atoms with van der Waals surface area (Å²) in [6.07, 6.45) is 0. The van der Waals surface area contributed by atoms with Gasteiger partial charge in [0.2, 0.25) is 0 Å². The van der Waals surface area contributed by atoms with Crippen molar-refractivity contribution >= 4 is 11.6 Å². The Morgan fingerprint density at radius 2 is 1.94 bits per heavy atom. The lowest BCUT2D eigenvalue weighted by molar-refractivity contribution is 0.0955. The Bertz CT molecular complexity index is 341. The van der Waals surface area contributed by atoms with E-state index < -0.39 is 0 Å². The fourth-order valence-corrected chi connectivity index (χ4v) is 1.27. The number of rotatable bonds is 6. The van der Waals surface area contributed by atoms with E-state index in [4.69, 9.17) is 11.5 Å². The lowest BCUT2D eigenvalue weighted by atomic mass is 10.2. The SMILES string of the molecule is NCCNC(=O)c1cccc(NCCN)c1. The summed E-state index contributed by atoms with van der Waals surface area (Å²) in [5.41, 5.74) is 12.2. The lowest BCUT2D eigenvalue weighted by Crippen LogP contribution is -2.29. The molecule has 5 nitrogen and oxygen atoms in total. The molecule has 0 heterocycles. The molecule has 16 heavy (non-hydrogen) atoms. The minimum atomic E-state index is -0.109. The van der Waals surface area contributed by atoms with E-state index in [-0.39, 0.29) is 5.91 Å². The molecule has 1 aromatic carbocycles. The van der Waals surface area contributed by atoms with Crippen LogP contribution in [0, 0.1) is 0 Å². The lowest BCUT2D eigenvalue weighted by Gasteiger charge is -2.07. The number of carbonyl (C=O) groups is 1. The van der Waals surface area contributed by atoms with Crippen LogP contribution in [0.4, 0.5) is 5.69 Å². The number of nitrogens with one attached hydrogen (secondary N) is 2. The zero-order chi connectivity index (χ0) is 11.8. The van der Waals surface area contributed by atoms with Gasteiger partial charge >= 0.3 is 0 Å². The van der Waals surface area contributed by atoms with Crippen molar-refractivity contribution in [2.45, 2.75) is 0 Å². The van der Waals surface area contributed by atoms with Gasteiger partial charge in [-0.05, 0) is 18.2 Å². The number of anilines is 1. The molecule has 1 rings (SSSR count). The third-order valence-electron chi connectivity index (χ3n) is 2.03. The average molecular weight is 222 g/mol. The summed E-state index contributed by atoms with van der Waals surface area (Å²) >= 11 is 0. The quantitative estimate of drug-likeness (QED) is 0.534. The molecule has 0 spiro atoms. The zero-order valence-corrected chi connectivity index (χ0v) is 9.20. The molecule has 0 aliphatic carbocycles. The molecule has 0 aliphatic heterocycles. The van der Waals surface area contributed by atoms with Crippen LogP contribution in [0.1, 0.15) is 10.4 Å². The maximum atomic E-state index is 11.6. The fourth-order valence-electron chi connectivity index (χ4n) is 1.27. The van der Waals surface area contributed by atoms with Crippen molar-refractivity contribution in [2.24, 2.45) is 11.5 Å². The molecule has 0 atom stereocenters. The molecule has 1 aromatic rings. The molecule has 5 heteroatoms. The van der Waals surface area contributed by atoms with E-state index in [1.165, 1.54) is 0 Å². The second-order valence-electron chi connectivity index (χ2n) is 3.34. The summed E-state index contributed by atoms with van der Waals surface area (Å²) < 4.78 is 0. The van der Waals surface area contributed by atoms with E-state index in [1.807, 2.05) is 12.1 Å². The number of hydrogen-bond donors (Lipinski definition) is 4. The van der Waals surface area contributed by atoms with Crippen LogP contribution >= 0.6 is 0 Å². The van der Waals surface area contributed by atoms with Gasteiger partial charge < -0.3 is 22.1 Å². The summed E-state index contributed by atoms with van der Waals surface area (Å²) in [5.74, 6) is -0.109. The number of nitrogens with two attached hydrogens (primary N) is 2. The summed E-state index contributed by atoms with van der Waals surface area (Å²) in [7, 11) is 0. The summed E-state index contributed by atoms with van der Waals surface area (Å²) in [6, 6.07) is 7.28. The number of hydrogen-bond acceptors (Lipinski definition) is 4. The van der Waals surface area contributed by atoms with Crippen molar-refractivity contribution in [1.29, 1.82) is 0 Å². The Morgan fingerprint density at radius 1 is 1.19 bits per heavy atom. The van der Waals surface area contributed by atoms with Gasteiger partial charge in [0.15, 0.2) is 0 Å². The maximum Gasteiger partial charge on any atom is 0.251 e. The van der Waals surface area contributed by atoms with Crippen molar-refractivity contribution in [3.8, 4) is 0 Å². The van der Waals surface area contributed by atoms with E-state index in [2.05, 4.69) is 10.6 Å². The molecule has 0 bridgehead atoms. The van der Waals surface area contributed by atoms with Gasteiger partial charge in [0.1, 0.15) is 0 Å². The molecule has 6 N–H and O–H groups in total. The molecule has 0 fully saturated rings. The van der Waals surface area contributed by atoms with Crippen LogP contribution in [-0.2, 0) is 0 Å². The van der Waals surface area contributed by atoms with Crippen LogP contribution in [0.2, 0.25) is 0 Å². The van der Waals surface area contributed by atoms with Crippen LogP contribution < -0.4 is 22.1 Å². The molecule has 0 aromatic heterocycles. The Kier molecular flexibility index (Phi) is 5.31. The van der Waals surface area contributed by atoms with Crippen LogP contribution in [-0.4, -0.2) is 32.1 Å². The van der Waals surface area contributed by atoms with Crippen molar-refractivity contribution in [1.82, 2.24) is 5.32 Å². The monoisotopic (exact) mass is 222 g/mol. The van der Waals surface area contributed by atoms with Gasteiger partial charge in [-0.2, -0.15) is 0 Å². The van der Waals surface area contributed by atoms with Crippen LogP contribution in [0.5, 0.6) is 0 Å². The Hall–Kier alpha value is -1.59. The fraction of sp³-hybridized carbons (Fsp3) is 0.364. The summed E-state index contributed by atoms with van der Waals surface area (Å²) in [6.45, 7) is 2.17. The summed E-state index contributed by atoms with van der Waals surface area (Å²) in [5, 5.41) is 5.83. The highest BCUT2D eigenvalue weighted by molar-refractivity contribution is 5.95. The summed E-state index contributed by atoms with van der Waals surface area (Å²) in [4.78, 5) is 11.6. The number of carbonyl (C=O) groups excluding carboxylic acids is 1. The van der Waals surface area contributed by atoms with Crippen molar-refractivity contribution < 1.29 is 4.79 Å². The molecular formula is C11H18N4O. The smallest absolute Gasteiger partial charge is 0.251 e. The Balaban J connectivity index is 2.62. The van der Waals surface area contributed by atoms with Crippen molar-refractivity contribution in [2.75, 3.05) is 31.5 Å². The second-order valence-corrected chi connectivity index (χ2v) is 3.34. The largest absolute Gasteiger partial charge is 0.384 e. The van der Waals surface area contributed by atoms with E-state index in [1.54, 1.807) is 12.1 Å². The topological polar surface area (TPSA) is 93.2 Å². The van der Waals surface area contributed by atoms with Crippen LogP contribution in [0.3, 0.4) is 0 Å². The van der Waals surface area contributed by atoms with Gasteiger partial charge in [-0.15, -0.1) is 0 Å².